The molecule has 0 bridgehead atoms. The molecule has 3 aromatic heterocycles. The van der Waals surface area contributed by atoms with Crippen LogP contribution in [0.2, 0.25) is 0 Å². The van der Waals surface area contributed by atoms with E-state index in [0.29, 0.717) is 50.3 Å². The van der Waals surface area contributed by atoms with Gasteiger partial charge in [-0.25, -0.2) is 14.4 Å². The van der Waals surface area contributed by atoms with Crippen molar-refractivity contribution in [1.82, 2.24) is 29.9 Å². The molecule has 2 aliphatic rings. The number of aryl methyl sites for hydroxylation is 1. The summed E-state index contributed by atoms with van der Waals surface area (Å²) < 4.78 is 28.1. The Kier molecular flexibility index (Phi) is 10.2. The normalized spacial score (nSPS) is 18.2. The number of benzene rings is 2. The lowest BCUT2D eigenvalue weighted by molar-refractivity contribution is 0.0888. The van der Waals surface area contributed by atoms with Crippen molar-refractivity contribution < 1.29 is 28.6 Å². The van der Waals surface area contributed by atoms with Crippen LogP contribution in [0.15, 0.2) is 79.1 Å². The fraction of sp³-hybridized carbons (Fsp3) is 0.333. The van der Waals surface area contributed by atoms with Crippen LogP contribution in [0.25, 0.3) is 16.8 Å². The molecule has 1 saturated carbocycles. The third kappa shape index (κ3) is 8.19. The number of phenols is 1. The number of hydrogen-bond donors (Lipinski definition) is 3. The standard InChI is InChI=1S/C39H41FN6O5/c1-25-5-2-8-36-44-35(24-46(25)36)38(49)43-30-11-9-29(10-12-30)42-37(48)34-21-28(40)22-41-39(34)51-32-7-3-6-26(20-32)33-14-13-31(47)19-27(33)23-45-15-4-17-50-18-16-45/h2-3,5-8,13-14,19-22,24,29-30,47H,4,9-12,15-18,23H2,1H3,(H,42,48)(H,43,49). The van der Waals surface area contributed by atoms with Gasteiger partial charge in [0.1, 0.15) is 34.2 Å². The molecule has 2 amide bonds. The number of pyridine rings is 2. The zero-order valence-electron chi connectivity index (χ0n) is 28.5. The molecule has 0 radical (unpaired) electrons. The highest BCUT2D eigenvalue weighted by atomic mass is 19.1. The maximum atomic E-state index is 14.4. The van der Waals surface area contributed by atoms with Gasteiger partial charge in [0, 0.05) is 50.2 Å². The molecule has 12 heteroatoms. The number of aromatic hydroxyl groups is 1. The summed E-state index contributed by atoms with van der Waals surface area (Å²) in [7, 11) is 0. The number of fused-ring (bicyclic) bond motifs is 1. The first-order valence-corrected chi connectivity index (χ1v) is 17.4. The maximum absolute atomic E-state index is 14.4. The molecule has 4 heterocycles. The first-order chi connectivity index (χ1) is 24.8. The van der Waals surface area contributed by atoms with E-state index in [2.05, 4.69) is 25.5 Å². The molecule has 5 aromatic rings. The summed E-state index contributed by atoms with van der Waals surface area (Å²) in [5.74, 6) is -0.748. The van der Waals surface area contributed by atoms with E-state index in [1.165, 1.54) is 0 Å². The van der Waals surface area contributed by atoms with Crippen molar-refractivity contribution >= 4 is 17.5 Å². The van der Waals surface area contributed by atoms with Gasteiger partial charge in [-0.2, -0.15) is 0 Å². The highest BCUT2D eigenvalue weighted by molar-refractivity contribution is 5.96. The predicted octanol–water partition coefficient (Wildman–Crippen LogP) is 6.04. The van der Waals surface area contributed by atoms with E-state index in [9.17, 15) is 19.1 Å². The molecule has 51 heavy (non-hydrogen) atoms. The Morgan fingerprint density at radius 2 is 1.75 bits per heavy atom. The smallest absolute Gasteiger partial charge is 0.271 e. The van der Waals surface area contributed by atoms with E-state index in [0.717, 1.165) is 66.4 Å². The van der Waals surface area contributed by atoms with Crippen LogP contribution in [0.3, 0.4) is 0 Å². The number of rotatable bonds is 9. The van der Waals surface area contributed by atoms with Crippen LogP contribution in [0, 0.1) is 12.7 Å². The topological polar surface area (TPSA) is 130 Å². The number of hydrogen-bond acceptors (Lipinski definition) is 8. The molecule has 11 nitrogen and oxygen atoms in total. The van der Waals surface area contributed by atoms with Crippen LogP contribution in [-0.4, -0.2) is 74.6 Å². The summed E-state index contributed by atoms with van der Waals surface area (Å²) in [6.45, 7) is 5.73. The van der Waals surface area contributed by atoms with E-state index in [1.54, 1.807) is 24.4 Å². The summed E-state index contributed by atoms with van der Waals surface area (Å²) in [5, 5.41) is 16.4. The monoisotopic (exact) mass is 692 g/mol. The minimum atomic E-state index is -0.651. The number of carbonyl (C=O) groups is 2. The molecule has 264 valence electrons. The Morgan fingerprint density at radius 1 is 0.961 bits per heavy atom. The molecule has 2 aromatic carbocycles. The number of phenolic OH excluding ortho intramolecular Hbond substituents is 1. The zero-order valence-corrected chi connectivity index (χ0v) is 28.5. The summed E-state index contributed by atoms with van der Waals surface area (Å²) >= 11 is 0. The molecule has 0 spiro atoms. The lowest BCUT2D eigenvalue weighted by Crippen LogP contribution is -2.44. The minimum Gasteiger partial charge on any atom is -0.508 e. The highest BCUT2D eigenvalue weighted by Gasteiger charge is 2.27. The van der Waals surface area contributed by atoms with Gasteiger partial charge in [0.2, 0.25) is 5.88 Å². The van der Waals surface area contributed by atoms with Gasteiger partial charge in [-0.15, -0.1) is 0 Å². The van der Waals surface area contributed by atoms with Crippen LogP contribution >= 0.6 is 0 Å². The second-order valence-corrected chi connectivity index (χ2v) is 13.2. The molecule has 7 rings (SSSR count). The van der Waals surface area contributed by atoms with Gasteiger partial charge < -0.3 is 29.6 Å². The summed E-state index contributed by atoms with van der Waals surface area (Å²) in [5.41, 5.74) is 4.83. The third-order valence-electron chi connectivity index (χ3n) is 9.55. The fourth-order valence-corrected chi connectivity index (χ4v) is 6.86. The zero-order chi connectivity index (χ0) is 35.3. The molecule has 1 aliphatic carbocycles. The number of aromatic nitrogens is 3. The van der Waals surface area contributed by atoms with Crippen molar-refractivity contribution in [3.8, 4) is 28.5 Å². The number of imidazole rings is 1. The van der Waals surface area contributed by atoms with E-state index >= 15 is 0 Å². The number of nitrogens with zero attached hydrogens (tertiary/aromatic N) is 4. The van der Waals surface area contributed by atoms with Crippen molar-refractivity contribution in [2.45, 2.75) is 57.7 Å². The molecule has 1 aliphatic heterocycles. The van der Waals surface area contributed by atoms with Gasteiger partial charge >= 0.3 is 0 Å². The van der Waals surface area contributed by atoms with Crippen molar-refractivity contribution in [2.75, 3.05) is 26.3 Å². The van der Waals surface area contributed by atoms with E-state index in [1.807, 2.05) is 53.8 Å². The minimum absolute atomic E-state index is 0.00771. The van der Waals surface area contributed by atoms with Crippen molar-refractivity contribution in [3.63, 3.8) is 0 Å². The molecule has 1 saturated heterocycles. The molecule has 2 fully saturated rings. The lowest BCUT2D eigenvalue weighted by atomic mass is 9.91. The first-order valence-electron chi connectivity index (χ1n) is 17.4. The van der Waals surface area contributed by atoms with E-state index in [-0.39, 0.29) is 35.2 Å². The Balaban J connectivity index is 0.995. The Morgan fingerprint density at radius 3 is 2.55 bits per heavy atom. The van der Waals surface area contributed by atoms with E-state index in [4.69, 9.17) is 9.47 Å². The van der Waals surface area contributed by atoms with Gasteiger partial charge in [0.25, 0.3) is 11.8 Å². The Bertz CT molecular complexity index is 2030. The van der Waals surface area contributed by atoms with Crippen molar-refractivity contribution in [3.05, 3.63) is 107 Å². The van der Waals surface area contributed by atoms with Gasteiger partial charge in [0.15, 0.2) is 0 Å². The number of carbonyl (C=O) groups excluding carboxylic acids is 2. The Hall–Kier alpha value is -5.33. The number of nitrogens with one attached hydrogen (secondary N) is 2. The maximum Gasteiger partial charge on any atom is 0.271 e. The summed E-state index contributed by atoms with van der Waals surface area (Å²) in [4.78, 5) is 37.3. The largest absolute Gasteiger partial charge is 0.508 e. The fourth-order valence-electron chi connectivity index (χ4n) is 6.86. The van der Waals surface area contributed by atoms with E-state index < -0.39 is 11.7 Å². The number of ether oxygens (including phenoxy) is 2. The number of halogens is 1. The number of amides is 2. The average Bonchev–Trinajstić information content (AvgIpc) is 3.42. The van der Waals surface area contributed by atoms with Crippen molar-refractivity contribution in [1.29, 1.82) is 0 Å². The van der Waals surface area contributed by atoms with Gasteiger partial charge in [-0.1, -0.05) is 24.3 Å². The molecule has 0 unspecified atom stereocenters. The summed E-state index contributed by atoms with van der Waals surface area (Å²) in [6.07, 6.45) is 6.34. The van der Waals surface area contributed by atoms with Crippen molar-refractivity contribution in [2.24, 2.45) is 0 Å². The third-order valence-corrected chi connectivity index (χ3v) is 9.55. The second-order valence-electron chi connectivity index (χ2n) is 13.2. The molecule has 3 N–H and O–H groups in total. The lowest BCUT2D eigenvalue weighted by Gasteiger charge is -2.29. The first kappa shape index (κ1) is 34.1. The van der Waals surface area contributed by atoms with Gasteiger partial charge in [0.05, 0.1) is 12.8 Å². The van der Waals surface area contributed by atoms with Gasteiger partial charge in [-0.3, -0.25) is 14.5 Å². The van der Waals surface area contributed by atoms with Crippen LogP contribution in [0.5, 0.6) is 17.4 Å². The summed E-state index contributed by atoms with van der Waals surface area (Å²) in [6, 6.07) is 19.4. The average molecular weight is 693 g/mol. The van der Waals surface area contributed by atoms with Gasteiger partial charge in [-0.05, 0) is 98.2 Å². The molecular formula is C39H41FN6O5. The highest BCUT2D eigenvalue weighted by Crippen LogP contribution is 2.33. The second kappa shape index (κ2) is 15.3. The Labute approximate surface area is 295 Å². The van der Waals surface area contributed by atoms with Crippen LogP contribution < -0.4 is 15.4 Å². The predicted molar refractivity (Wildman–Crippen MR) is 189 cm³/mol. The quantitative estimate of drug-likeness (QED) is 0.171. The van der Waals surface area contributed by atoms with Crippen LogP contribution in [0.1, 0.15) is 64.2 Å². The van der Waals surface area contributed by atoms with Crippen LogP contribution in [-0.2, 0) is 11.3 Å². The molecular weight excluding hydrogens is 651 g/mol. The van der Waals surface area contributed by atoms with Crippen LogP contribution in [0.4, 0.5) is 4.39 Å². The molecule has 0 atom stereocenters. The SMILES string of the molecule is Cc1cccc2nc(C(=O)NC3CCC(NC(=O)c4cc(F)cnc4Oc4cccc(-c5ccc(O)cc5CN5CCCOCC5)c4)CC3)cn12.